The third-order valence-corrected chi connectivity index (χ3v) is 2.66. The quantitative estimate of drug-likeness (QED) is 0.698. The van der Waals surface area contributed by atoms with Gasteiger partial charge in [0.05, 0.1) is 7.11 Å². The predicted molar refractivity (Wildman–Crippen MR) is 67.1 cm³/mol. The summed E-state index contributed by atoms with van der Waals surface area (Å²) in [4.78, 5) is 2.00. The summed E-state index contributed by atoms with van der Waals surface area (Å²) >= 11 is 0. The Hall–Kier alpha value is -1.17. The first-order chi connectivity index (χ1) is 8.60. The molecule has 5 heteroatoms. The molecule has 0 saturated carbocycles. The summed E-state index contributed by atoms with van der Waals surface area (Å²) in [5.41, 5.74) is 0.877. The molecule has 18 heavy (non-hydrogen) atoms. The van der Waals surface area contributed by atoms with Gasteiger partial charge in [0.15, 0.2) is 17.9 Å². The third-order valence-electron chi connectivity index (χ3n) is 2.66. The summed E-state index contributed by atoms with van der Waals surface area (Å²) in [6.07, 6.45) is -0.280. The molecule has 0 unspecified atom stereocenters. The lowest BCUT2D eigenvalue weighted by Gasteiger charge is -2.22. The number of nitrogens with zero attached hydrogens (tertiary/aromatic N) is 1. The second kappa shape index (κ2) is 7.31. The topological polar surface area (TPSA) is 30.9 Å². The first-order valence-electron chi connectivity index (χ1n) is 5.67. The van der Waals surface area contributed by atoms with E-state index in [4.69, 9.17) is 14.2 Å². The Kier molecular flexibility index (Phi) is 6.04. The van der Waals surface area contributed by atoms with Gasteiger partial charge in [-0.1, -0.05) is 6.07 Å². The first kappa shape index (κ1) is 14.9. The van der Waals surface area contributed by atoms with Crippen LogP contribution in [0.3, 0.4) is 0 Å². The van der Waals surface area contributed by atoms with Crippen LogP contribution in [0.4, 0.5) is 4.39 Å². The van der Waals surface area contributed by atoms with Gasteiger partial charge in [0.1, 0.15) is 0 Å². The van der Waals surface area contributed by atoms with E-state index in [2.05, 4.69) is 0 Å². The Morgan fingerprint density at radius 2 is 1.89 bits per heavy atom. The lowest BCUT2D eigenvalue weighted by Crippen LogP contribution is -2.31. The molecule has 0 aliphatic rings. The molecule has 0 aliphatic heterocycles. The number of halogens is 1. The van der Waals surface area contributed by atoms with Crippen molar-refractivity contribution in [2.24, 2.45) is 0 Å². The number of hydrogen-bond acceptors (Lipinski definition) is 4. The van der Waals surface area contributed by atoms with E-state index in [0.717, 1.165) is 5.56 Å². The smallest absolute Gasteiger partial charge is 0.169 e. The molecule has 0 atom stereocenters. The Bertz CT molecular complexity index is 369. The van der Waals surface area contributed by atoms with Gasteiger partial charge in [-0.25, -0.2) is 4.39 Å². The summed E-state index contributed by atoms with van der Waals surface area (Å²) < 4.78 is 28.6. The molecule has 0 aliphatic carbocycles. The highest BCUT2D eigenvalue weighted by molar-refractivity contribution is 5.29. The van der Waals surface area contributed by atoms with Crippen molar-refractivity contribution in [3.8, 4) is 5.75 Å². The van der Waals surface area contributed by atoms with Gasteiger partial charge in [0, 0.05) is 27.3 Å². The van der Waals surface area contributed by atoms with Crippen LogP contribution in [0, 0.1) is 5.82 Å². The van der Waals surface area contributed by atoms with E-state index in [1.165, 1.54) is 13.2 Å². The maximum Gasteiger partial charge on any atom is 0.169 e. The first-order valence-corrected chi connectivity index (χ1v) is 5.67. The molecule has 0 spiro atoms. The van der Waals surface area contributed by atoms with Crippen LogP contribution in [0.15, 0.2) is 18.2 Å². The van der Waals surface area contributed by atoms with Crippen LogP contribution in [0.5, 0.6) is 5.75 Å². The molecule has 0 amide bonds. The minimum absolute atomic E-state index is 0.257. The van der Waals surface area contributed by atoms with Gasteiger partial charge in [-0.2, -0.15) is 0 Å². The van der Waals surface area contributed by atoms with Crippen LogP contribution >= 0.6 is 0 Å². The van der Waals surface area contributed by atoms with E-state index in [1.54, 1.807) is 20.3 Å². The fourth-order valence-corrected chi connectivity index (χ4v) is 1.68. The van der Waals surface area contributed by atoms with Crippen LogP contribution in [0.2, 0.25) is 0 Å². The minimum atomic E-state index is -0.349. The molecule has 1 rings (SSSR count). The SMILES string of the molecule is COc1ccc(CN(C)CC(OC)OC)cc1F. The number of methoxy groups -OCH3 is 3. The molecule has 1 aromatic rings. The Morgan fingerprint density at radius 1 is 1.22 bits per heavy atom. The van der Waals surface area contributed by atoms with E-state index < -0.39 is 0 Å². The fourth-order valence-electron chi connectivity index (χ4n) is 1.68. The van der Waals surface area contributed by atoms with Crippen molar-refractivity contribution < 1.29 is 18.6 Å². The van der Waals surface area contributed by atoms with Gasteiger partial charge < -0.3 is 14.2 Å². The normalized spacial score (nSPS) is 11.3. The monoisotopic (exact) mass is 257 g/mol. The number of benzene rings is 1. The van der Waals surface area contributed by atoms with Crippen molar-refractivity contribution in [3.05, 3.63) is 29.6 Å². The molecular weight excluding hydrogens is 237 g/mol. The standard InChI is InChI=1S/C13H20FNO3/c1-15(9-13(17-3)18-4)8-10-5-6-12(16-2)11(14)7-10/h5-7,13H,8-9H2,1-4H3. The average Bonchev–Trinajstić information content (AvgIpc) is 2.36. The number of rotatable bonds is 7. The largest absolute Gasteiger partial charge is 0.494 e. The highest BCUT2D eigenvalue weighted by Gasteiger charge is 2.10. The summed E-state index contributed by atoms with van der Waals surface area (Å²) in [7, 11) is 6.56. The average molecular weight is 257 g/mol. The second-order valence-corrected chi connectivity index (χ2v) is 4.07. The van der Waals surface area contributed by atoms with Gasteiger partial charge in [-0.05, 0) is 24.7 Å². The van der Waals surface area contributed by atoms with Gasteiger partial charge in [0.25, 0.3) is 0 Å². The van der Waals surface area contributed by atoms with Gasteiger partial charge in [-0.15, -0.1) is 0 Å². The molecule has 0 N–H and O–H groups in total. The van der Waals surface area contributed by atoms with Crippen LogP contribution in [0.25, 0.3) is 0 Å². The summed E-state index contributed by atoms with van der Waals surface area (Å²) in [5, 5.41) is 0. The zero-order valence-corrected chi connectivity index (χ0v) is 11.3. The Balaban J connectivity index is 2.59. The van der Waals surface area contributed by atoms with Crippen molar-refractivity contribution in [3.63, 3.8) is 0 Å². The molecule has 0 bridgehead atoms. The van der Waals surface area contributed by atoms with Crippen LogP contribution in [0.1, 0.15) is 5.56 Å². The van der Waals surface area contributed by atoms with E-state index in [-0.39, 0.29) is 17.9 Å². The van der Waals surface area contributed by atoms with Crippen molar-refractivity contribution in [2.45, 2.75) is 12.8 Å². The van der Waals surface area contributed by atoms with Crippen LogP contribution < -0.4 is 4.74 Å². The fraction of sp³-hybridized carbons (Fsp3) is 0.538. The molecular formula is C13H20FNO3. The lowest BCUT2D eigenvalue weighted by molar-refractivity contribution is -0.114. The highest BCUT2D eigenvalue weighted by atomic mass is 19.1. The zero-order valence-electron chi connectivity index (χ0n) is 11.3. The minimum Gasteiger partial charge on any atom is -0.494 e. The molecule has 0 radical (unpaired) electrons. The molecule has 0 heterocycles. The summed E-state index contributed by atoms with van der Waals surface area (Å²) in [6.45, 7) is 1.23. The number of hydrogen-bond donors (Lipinski definition) is 0. The second-order valence-electron chi connectivity index (χ2n) is 4.07. The Morgan fingerprint density at radius 3 is 2.39 bits per heavy atom. The van der Waals surface area contributed by atoms with Crippen molar-refractivity contribution in [2.75, 3.05) is 34.9 Å². The Labute approximate surface area is 107 Å². The van der Waals surface area contributed by atoms with E-state index in [1.807, 2.05) is 18.0 Å². The van der Waals surface area contributed by atoms with E-state index in [0.29, 0.717) is 13.1 Å². The van der Waals surface area contributed by atoms with Crippen molar-refractivity contribution in [1.29, 1.82) is 0 Å². The summed E-state index contributed by atoms with van der Waals surface area (Å²) in [5.74, 6) is -0.0912. The predicted octanol–water partition coefficient (Wildman–Crippen LogP) is 1.89. The highest BCUT2D eigenvalue weighted by Crippen LogP contribution is 2.18. The number of likely N-dealkylation sites (N-methyl/N-ethyl adjacent to an activating group) is 1. The van der Waals surface area contributed by atoms with Gasteiger partial charge in [0.2, 0.25) is 0 Å². The van der Waals surface area contributed by atoms with Gasteiger partial charge in [-0.3, -0.25) is 4.90 Å². The zero-order chi connectivity index (χ0) is 13.5. The van der Waals surface area contributed by atoms with Crippen molar-refractivity contribution >= 4 is 0 Å². The molecule has 0 saturated heterocycles. The lowest BCUT2D eigenvalue weighted by atomic mass is 10.2. The van der Waals surface area contributed by atoms with Crippen LogP contribution in [-0.4, -0.2) is 46.1 Å². The summed E-state index contributed by atoms with van der Waals surface area (Å²) in [6, 6.07) is 4.94. The molecule has 0 aromatic heterocycles. The molecule has 0 fully saturated rings. The maximum atomic E-state index is 13.5. The molecule has 4 nitrogen and oxygen atoms in total. The third kappa shape index (κ3) is 4.25. The molecule has 1 aromatic carbocycles. The van der Waals surface area contributed by atoms with Crippen LogP contribution in [-0.2, 0) is 16.0 Å². The van der Waals surface area contributed by atoms with Crippen molar-refractivity contribution in [1.82, 2.24) is 4.90 Å². The maximum absolute atomic E-state index is 13.5. The van der Waals surface area contributed by atoms with Gasteiger partial charge >= 0.3 is 0 Å². The molecule has 102 valence electrons. The number of ether oxygens (including phenoxy) is 3. The van der Waals surface area contributed by atoms with E-state index >= 15 is 0 Å². The van der Waals surface area contributed by atoms with E-state index in [9.17, 15) is 4.39 Å².